The summed E-state index contributed by atoms with van der Waals surface area (Å²) in [5.74, 6) is 0.909. The van der Waals surface area contributed by atoms with Crippen molar-refractivity contribution in [3.63, 3.8) is 0 Å². The number of carbonyl (C=O) groups excluding carboxylic acids is 1. The zero-order valence-corrected chi connectivity index (χ0v) is 15.2. The van der Waals surface area contributed by atoms with Gasteiger partial charge in [0.1, 0.15) is 0 Å². The fourth-order valence-electron chi connectivity index (χ4n) is 2.60. The van der Waals surface area contributed by atoms with Crippen LogP contribution in [0.5, 0.6) is 0 Å². The molecule has 0 bridgehead atoms. The Labute approximate surface area is 143 Å². The maximum absolute atomic E-state index is 12.1. The number of aryl methyl sites for hydroxylation is 3. The molecule has 0 aliphatic carbocycles. The van der Waals surface area contributed by atoms with Crippen molar-refractivity contribution >= 4 is 17.7 Å². The average molecular weight is 327 g/mol. The van der Waals surface area contributed by atoms with Crippen LogP contribution in [0.4, 0.5) is 0 Å². The number of rotatable bonds is 6. The molecule has 3 heteroatoms. The third-order valence-electron chi connectivity index (χ3n) is 3.89. The molecule has 2 rings (SSSR count). The second kappa shape index (κ2) is 8.21. The molecular weight excluding hydrogens is 302 g/mol. The Morgan fingerprint density at radius 3 is 2.35 bits per heavy atom. The first-order valence-corrected chi connectivity index (χ1v) is 9.00. The Kier molecular flexibility index (Phi) is 6.28. The first-order valence-electron chi connectivity index (χ1n) is 8.01. The fraction of sp³-hybridized carbons (Fsp3) is 0.350. The molecule has 2 aromatic rings. The van der Waals surface area contributed by atoms with E-state index < -0.39 is 0 Å². The minimum atomic E-state index is 0.0486. The molecule has 1 atom stereocenters. The molecule has 0 aliphatic rings. The van der Waals surface area contributed by atoms with Crippen molar-refractivity contribution < 1.29 is 4.79 Å². The maximum atomic E-state index is 12.1. The molecule has 0 aliphatic heterocycles. The van der Waals surface area contributed by atoms with Crippen LogP contribution in [0.2, 0.25) is 0 Å². The lowest BCUT2D eigenvalue weighted by molar-refractivity contribution is -0.121. The standard InChI is InChI=1S/C20H25NOS/c1-14-5-8-18(9-6-14)23-12-11-20(22)21-17(4)19-10-7-15(2)13-16(19)3/h5-10,13,17H,11-12H2,1-4H3,(H,21,22)/t17-/m1/s1. The first kappa shape index (κ1) is 17.6. The van der Waals surface area contributed by atoms with Crippen LogP contribution in [-0.4, -0.2) is 11.7 Å². The van der Waals surface area contributed by atoms with Crippen LogP contribution in [0.1, 0.15) is 41.6 Å². The van der Waals surface area contributed by atoms with Crippen LogP contribution in [-0.2, 0) is 4.79 Å². The van der Waals surface area contributed by atoms with Gasteiger partial charge in [-0.1, -0.05) is 41.5 Å². The summed E-state index contributed by atoms with van der Waals surface area (Å²) in [6.45, 7) is 8.31. The van der Waals surface area contributed by atoms with E-state index in [1.54, 1.807) is 11.8 Å². The van der Waals surface area contributed by atoms with Crippen LogP contribution in [0, 0.1) is 20.8 Å². The third-order valence-corrected chi connectivity index (χ3v) is 4.90. The molecule has 23 heavy (non-hydrogen) atoms. The average Bonchev–Trinajstić information content (AvgIpc) is 2.49. The Bertz CT molecular complexity index is 664. The van der Waals surface area contributed by atoms with Crippen molar-refractivity contribution in [3.8, 4) is 0 Å². The van der Waals surface area contributed by atoms with E-state index in [1.807, 2.05) is 6.92 Å². The number of nitrogens with one attached hydrogen (secondary N) is 1. The SMILES string of the molecule is Cc1ccc(SCCC(=O)N[C@H](C)c2ccc(C)cc2C)cc1. The molecule has 0 unspecified atom stereocenters. The van der Waals surface area contributed by atoms with E-state index in [4.69, 9.17) is 0 Å². The summed E-state index contributed by atoms with van der Waals surface area (Å²) in [5.41, 5.74) is 4.93. The molecule has 0 fully saturated rings. The van der Waals surface area contributed by atoms with Gasteiger partial charge in [-0.05, 0) is 51.0 Å². The van der Waals surface area contributed by atoms with Crippen molar-refractivity contribution in [1.82, 2.24) is 5.32 Å². The lowest BCUT2D eigenvalue weighted by Gasteiger charge is -2.17. The summed E-state index contributed by atoms with van der Waals surface area (Å²) >= 11 is 1.72. The predicted octanol–water partition coefficient (Wildman–Crippen LogP) is 4.97. The van der Waals surface area contributed by atoms with Crippen LogP contribution in [0.25, 0.3) is 0 Å². The minimum Gasteiger partial charge on any atom is -0.350 e. The van der Waals surface area contributed by atoms with E-state index in [0.29, 0.717) is 6.42 Å². The summed E-state index contributed by atoms with van der Waals surface area (Å²) in [6, 6.07) is 14.8. The van der Waals surface area contributed by atoms with Gasteiger partial charge in [-0.15, -0.1) is 11.8 Å². The van der Waals surface area contributed by atoms with Crippen LogP contribution >= 0.6 is 11.8 Å². The summed E-state index contributed by atoms with van der Waals surface area (Å²) < 4.78 is 0. The summed E-state index contributed by atoms with van der Waals surface area (Å²) in [6.07, 6.45) is 0.536. The second-order valence-electron chi connectivity index (χ2n) is 6.06. The predicted molar refractivity (Wildman–Crippen MR) is 99.0 cm³/mol. The maximum Gasteiger partial charge on any atom is 0.221 e. The topological polar surface area (TPSA) is 29.1 Å². The quantitative estimate of drug-likeness (QED) is 0.759. The fourth-order valence-corrected chi connectivity index (χ4v) is 3.45. The molecule has 2 aromatic carbocycles. The Balaban J connectivity index is 1.81. The smallest absolute Gasteiger partial charge is 0.221 e. The second-order valence-corrected chi connectivity index (χ2v) is 7.23. The largest absolute Gasteiger partial charge is 0.350 e. The number of hydrogen-bond donors (Lipinski definition) is 1. The monoisotopic (exact) mass is 327 g/mol. The molecule has 1 N–H and O–H groups in total. The lowest BCUT2D eigenvalue weighted by Crippen LogP contribution is -2.27. The molecule has 0 radical (unpaired) electrons. The summed E-state index contributed by atoms with van der Waals surface area (Å²) in [5, 5.41) is 3.10. The van der Waals surface area contributed by atoms with Crippen molar-refractivity contribution in [3.05, 3.63) is 64.7 Å². The molecule has 122 valence electrons. The van der Waals surface area contributed by atoms with Gasteiger partial charge in [-0.25, -0.2) is 0 Å². The van der Waals surface area contributed by atoms with Crippen molar-refractivity contribution in [2.75, 3.05) is 5.75 Å². The van der Waals surface area contributed by atoms with E-state index in [9.17, 15) is 4.79 Å². The normalized spacial score (nSPS) is 12.0. The van der Waals surface area contributed by atoms with Gasteiger partial charge in [-0.2, -0.15) is 0 Å². The van der Waals surface area contributed by atoms with E-state index in [1.165, 1.54) is 27.1 Å². The highest BCUT2D eigenvalue weighted by Crippen LogP contribution is 2.21. The van der Waals surface area contributed by atoms with Gasteiger partial charge in [0.15, 0.2) is 0 Å². The van der Waals surface area contributed by atoms with Gasteiger partial charge >= 0.3 is 0 Å². The zero-order chi connectivity index (χ0) is 16.8. The van der Waals surface area contributed by atoms with Crippen molar-refractivity contribution in [2.24, 2.45) is 0 Å². The van der Waals surface area contributed by atoms with Gasteiger partial charge in [0.25, 0.3) is 0 Å². The Morgan fingerprint density at radius 1 is 1.04 bits per heavy atom. The Morgan fingerprint density at radius 2 is 1.70 bits per heavy atom. The highest BCUT2D eigenvalue weighted by Gasteiger charge is 2.11. The van der Waals surface area contributed by atoms with E-state index in [-0.39, 0.29) is 11.9 Å². The number of thioether (sulfide) groups is 1. The number of carbonyl (C=O) groups is 1. The summed E-state index contributed by atoms with van der Waals surface area (Å²) in [4.78, 5) is 13.3. The van der Waals surface area contributed by atoms with Gasteiger partial charge in [0, 0.05) is 17.1 Å². The van der Waals surface area contributed by atoms with Gasteiger partial charge < -0.3 is 5.32 Å². The van der Waals surface area contributed by atoms with Gasteiger partial charge in [0.05, 0.1) is 6.04 Å². The molecule has 0 aromatic heterocycles. The molecular formula is C20H25NOS. The molecule has 0 spiro atoms. The molecule has 0 saturated heterocycles. The first-order chi connectivity index (χ1) is 11.0. The highest BCUT2D eigenvalue weighted by molar-refractivity contribution is 7.99. The van der Waals surface area contributed by atoms with E-state index in [2.05, 4.69) is 68.6 Å². The summed E-state index contributed by atoms with van der Waals surface area (Å²) in [7, 11) is 0. The number of amides is 1. The van der Waals surface area contributed by atoms with Crippen LogP contribution in [0.3, 0.4) is 0 Å². The van der Waals surface area contributed by atoms with Crippen LogP contribution in [0.15, 0.2) is 47.4 Å². The zero-order valence-electron chi connectivity index (χ0n) is 14.3. The Hall–Kier alpha value is -1.74. The van der Waals surface area contributed by atoms with Gasteiger partial charge in [-0.3, -0.25) is 4.79 Å². The highest BCUT2D eigenvalue weighted by atomic mass is 32.2. The van der Waals surface area contributed by atoms with Gasteiger partial charge in [0.2, 0.25) is 5.91 Å². The molecule has 1 amide bonds. The van der Waals surface area contributed by atoms with Crippen molar-refractivity contribution in [1.29, 1.82) is 0 Å². The minimum absolute atomic E-state index is 0.0486. The van der Waals surface area contributed by atoms with E-state index in [0.717, 1.165) is 5.75 Å². The van der Waals surface area contributed by atoms with Crippen LogP contribution < -0.4 is 5.32 Å². The van der Waals surface area contributed by atoms with E-state index >= 15 is 0 Å². The molecule has 2 nitrogen and oxygen atoms in total. The third kappa shape index (κ3) is 5.43. The number of hydrogen-bond acceptors (Lipinski definition) is 2. The molecule has 0 saturated carbocycles. The lowest BCUT2D eigenvalue weighted by atomic mass is 10.0. The van der Waals surface area contributed by atoms with Crippen molar-refractivity contribution in [2.45, 2.75) is 45.1 Å². The molecule has 0 heterocycles. The number of benzene rings is 2.